The molecule has 0 spiro atoms. The molecule has 0 heterocycles. The van der Waals surface area contributed by atoms with Gasteiger partial charge in [0.25, 0.3) is 0 Å². The molecule has 1 amide bonds. The Kier molecular flexibility index (Phi) is 6.65. The summed E-state index contributed by atoms with van der Waals surface area (Å²) in [5, 5.41) is 11.8. The van der Waals surface area contributed by atoms with Gasteiger partial charge in [0.1, 0.15) is 0 Å². The Balaban J connectivity index is 2.34. The normalized spacial score (nSPS) is 28.7. The highest BCUT2D eigenvalue weighted by molar-refractivity contribution is 5.86. The van der Waals surface area contributed by atoms with E-state index in [4.69, 9.17) is 10.8 Å². The number of carbonyl (C=O) groups is 2. The second-order valence-corrected chi connectivity index (χ2v) is 6.90. The minimum absolute atomic E-state index is 0.0381. The Labute approximate surface area is 127 Å². The predicted molar refractivity (Wildman–Crippen MR) is 82.8 cm³/mol. The maximum atomic E-state index is 12.4. The van der Waals surface area contributed by atoms with Gasteiger partial charge in [0, 0.05) is 6.04 Å². The first-order valence-electron chi connectivity index (χ1n) is 8.07. The average Bonchev–Trinajstić information content (AvgIpc) is 2.37. The van der Waals surface area contributed by atoms with Gasteiger partial charge in [-0.25, -0.2) is 0 Å². The number of carbonyl (C=O) groups excluding carboxylic acids is 1. The lowest BCUT2D eigenvalue weighted by Crippen LogP contribution is -2.57. The van der Waals surface area contributed by atoms with Crippen molar-refractivity contribution in [2.24, 2.45) is 17.6 Å². The molecule has 1 fully saturated rings. The number of hydrogen-bond donors (Lipinski definition) is 3. The van der Waals surface area contributed by atoms with Crippen LogP contribution in [0, 0.1) is 11.8 Å². The van der Waals surface area contributed by atoms with Gasteiger partial charge in [-0.2, -0.15) is 0 Å². The maximum Gasteiger partial charge on any atom is 0.306 e. The van der Waals surface area contributed by atoms with Gasteiger partial charge in [0.15, 0.2) is 0 Å². The lowest BCUT2D eigenvalue weighted by atomic mass is 9.76. The van der Waals surface area contributed by atoms with Gasteiger partial charge in [-0.1, -0.05) is 33.1 Å². The molecular weight excluding hydrogens is 268 g/mol. The van der Waals surface area contributed by atoms with Crippen molar-refractivity contribution in [1.82, 2.24) is 5.32 Å². The van der Waals surface area contributed by atoms with Crippen LogP contribution in [0.1, 0.15) is 65.7 Å². The van der Waals surface area contributed by atoms with Crippen molar-refractivity contribution in [2.75, 3.05) is 0 Å². The molecule has 1 saturated carbocycles. The molecule has 1 aliphatic carbocycles. The van der Waals surface area contributed by atoms with E-state index >= 15 is 0 Å². The van der Waals surface area contributed by atoms with E-state index in [0.29, 0.717) is 12.3 Å². The lowest BCUT2D eigenvalue weighted by molar-refractivity contribution is -0.141. The van der Waals surface area contributed by atoms with E-state index in [2.05, 4.69) is 12.2 Å². The SMILES string of the molecule is CC1CCCC(N)(C(=O)NC(C)CCCC(C)C(=O)O)C1. The number of amides is 1. The molecule has 0 aliphatic heterocycles. The molecule has 5 nitrogen and oxygen atoms in total. The highest BCUT2D eigenvalue weighted by Crippen LogP contribution is 2.30. The molecule has 122 valence electrons. The third-order valence-corrected chi connectivity index (χ3v) is 4.56. The standard InChI is InChI=1S/C16H30N2O3/c1-11-6-5-9-16(17,10-11)15(21)18-13(3)8-4-7-12(2)14(19)20/h11-13H,4-10,17H2,1-3H3,(H,18,21)(H,19,20). The van der Waals surface area contributed by atoms with Gasteiger partial charge in [-0.15, -0.1) is 0 Å². The summed E-state index contributed by atoms with van der Waals surface area (Å²) in [4.78, 5) is 23.1. The molecule has 0 radical (unpaired) electrons. The first kappa shape index (κ1) is 18.0. The second-order valence-electron chi connectivity index (χ2n) is 6.90. The van der Waals surface area contributed by atoms with E-state index < -0.39 is 11.5 Å². The number of carboxylic acid groups (broad SMARTS) is 1. The summed E-state index contributed by atoms with van der Waals surface area (Å²) >= 11 is 0. The Bertz CT molecular complexity index is 373. The zero-order valence-electron chi connectivity index (χ0n) is 13.5. The van der Waals surface area contributed by atoms with Crippen LogP contribution in [-0.2, 0) is 9.59 Å². The molecule has 0 aromatic carbocycles. The van der Waals surface area contributed by atoms with E-state index in [1.165, 1.54) is 0 Å². The number of nitrogens with one attached hydrogen (secondary N) is 1. The third-order valence-electron chi connectivity index (χ3n) is 4.56. The van der Waals surface area contributed by atoms with E-state index in [-0.39, 0.29) is 17.9 Å². The molecule has 4 atom stereocenters. The first-order valence-corrected chi connectivity index (χ1v) is 8.07. The van der Waals surface area contributed by atoms with E-state index in [9.17, 15) is 9.59 Å². The van der Waals surface area contributed by atoms with E-state index in [1.807, 2.05) is 6.92 Å². The van der Waals surface area contributed by atoms with E-state index in [0.717, 1.165) is 38.5 Å². The quantitative estimate of drug-likeness (QED) is 0.672. The molecule has 0 aromatic rings. The lowest BCUT2D eigenvalue weighted by Gasteiger charge is -2.36. The molecule has 21 heavy (non-hydrogen) atoms. The maximum absolute atomic E-state index is 12.4. The van der Waals surface area contributed by atoms with Gasteiger partial charge in [-0.05, 0) is 38.5 Å². The number of nitrogens with two attached hydrogens (primary N) is 1. The van der Waals surface area contributed by atoms with Crippen molar-refractivity contribution in [3.05, 3.63) is 0 Å². The second kappa shape index (κ2) is 7.78. The van der Waals surface area contributed by atoms with Gasteiger partial charge in [0.05, 0.1) is 11.5 Å². The Morgan fingerprint density at radius 1 is 1.38 bits per heavy atom. The minimum atomic E-state index is -0.760. The predicted octanol–water partition coefficient (Wildman–Crippen LogP) is 2.29. The zero-order valence-corrected chi connectivity index (χ0v) is 13.5. The fraction of sp³-hybridized carbons (Fsp3) is 0.875. The summed E-state index contributed by atoms with van der Waals surface area (Å²) in [6.07, 6.45) is 5.89. The smallest absolute Gasteiger partial charge is 0.306 e. The van der Waals surface area contributed by atoms with E-state index in [1.54, 1.807) is 6.92 Å². The average molecular weight is 298 g/mol. The van der Waals surface area contributed by atoms with Crippen LogP contribution in [0.15, 0.2) is 0 Å². The molecule has 5 heteroatoms. The van der Waals surface area contributed by atoms with Crippen LogP contribution in [-0.4, -0.2) is 28.6 Å². The van der Waals surface area contributed by atoms with Crippen molar-refractivity contribution >= 4 is 11.9 Å². The summed E-state index contributed by atoms with van der Waals surface area (Å²) in [6.45, 7) is 5.81. The fourth-order valence-corrected chi connectivity index (χ4v) is 3.09. The summed E-state index contributed by atoms with van der Waals surface area (Å²) < 4.78 is 0. The highest BCUT2D eigenvalue weighted by atomic mass is 16.4. The molecule has 1 aliphatic rings. The van der Waals surface area contributed by atoms with Crippen LogP contribution in [0.4, 0.5) is 0 Å². The van der Waals surface area contributed by atoms with Gasteiger partial charge >= 0.3 is 5.97 Å². The number of carboxylic acids is 1. The van der Waals surface area contributed by atoms with Crippen molar-refractivity contribution in [2.45, 2.75) is 77.3 Å². The summed E-state index contributed by atoms with van der Waals surface area (Å²) in [5.41, 5.74) is 5.55. The number of hydrogen-bond acceptors (Lipinski definition) is 3. The highest BCUT2D eigenvalue weighted by Gasteiger charge is 2.38. The van der Waals surface area contributed by atoms with Gasteiger partial charge in [-0.3, -0.25) is 9.59 Å². The van der Waals surface area contributed by atoms with Crippen LogP contribution >= 0.6 is 0 Å². The third kappa shape index (κ3) is 5.65. The van der Waals surface area contributed by atoms with Crippen LogP contribution in [0.5, 0.6) is 0 Å². The monoisotopic (exact) mass is 298 g/mol. The molecule has 4 N–H and O–H groups in total. The molecule has 0 aromatic heterocycles. The zero-order chi connectivity index (χ0) is 16.0. The Morgan fingerprint density at radius 2 is 2.05 bits per heavy atom. The van der Waals surface area contributed by atoms with Crippen LogP contribution in [0.2, 0.25) is 0 Å². The fourth-order valence-electron chi connectivity index (χ4n) is 3.09. The number of aliphatic carboxylic acids is 1. The minimum Gasteiger partial charge on any atom is -0.481 e. The summed E-state index contributed by atoms with van der Waals surface area (Å²) in [7, 11) is 0. The Hall–Kier alpha value is -1.10. The molecular formula is C16H30N2O3. The molecule has 4 unspecified atom stereocenters. The van der Waals surface area contributed by atoms with Crippen LogP contribution in [0.25, 0.3) is 0 Å². The summed E-state index contributed by atoms with van der Waals surface area (Å²) in [5.74, 6) is -0.634. The van der Waals surface area contributed by atoms with Crippen LogP contribution < -0.4 is 11.1 Å². The Morgan fingerprint density at radius 3 is 2.62 bits per heavy atom. The van der Waals surface area contributed by atoms with Crippen LogP contribution in [0.3, 0.4) is 0 Å². The molecule has 1 rings (SSSR count). The van der Waals surface area contributed by atoms with Gasteiger partial charge in [0.2, 0.25) is 5.91 Å². The first-order chi connectivity index (χ1) is 9.74. The topological polar surface area (TPSA) is 92.4 Å². The molecule has 0 saturated heterocycles. The largest absolute Gasteiger partial charge is 0.481 e. The van der Waals surface area contributed by atoms with Crippen molar-refractivity contribution in [3.8, 4) is 0 Å². The molecule has 0 bridgehead atoms. The number of rotatable bonds is 7. The summed E-state index contributed by atoms with van der Waals surface area (Å²) in [6, 6.07) is 0.0381. The van der Waals surface area contributed by atoms with Gasteiger partial charge < -0.3 is 16.2 Å². The van der Waals surface area contributed by atoms with Crippen molar-refractivity contribution in [3.63, 3.8) is 0 Å². The van der Waals surface area contributed by atoms with Crippen molar-refractivity contribution in [1.29, 1.82) is 0 Å². The van der Waals surface area contributed by atoms with Crippen molar-refractivity contribution < 1.29 is 14.7 Å².